The van der Waals surface area contributed by atoms with E-state index < -0.39 is 11.0 Å². The second kappa shape index (κ2) is 8.25. The van der Waals surface area contributed by atoms with E-state index in [1.165, 1.54) is 7.11 Å². The lowest BCUT2D eigenvalue weighted by Gasteiger charge is -2.28. The Labute approximate surface area is 160 Å². The van der Waals surface area contributed by atoms with Crippen LogP contribution in [-0.4, -0.2) is 31.2 Å². The van der Waals surface area contributed by atoms with E-state index in [2.05, 4.69) is 5.32 Å². The van der Waals surface area contributed by atoms with Gasteiger partial charge < -0.3 is 14.8 Å². The van der Waals surface area contributed by atoms with Crippen LogP contribution in [0.3, 0.4) is 0 Å². The molecule has 2 rings (SSSR count). The number of carbonyl (C=O) groups excluding carboxylic acids is 2. The first-order valence-electron chi connectivity index (χ1n) is 8.87. The highest BCUT2D eigenvalue weighted by atomic mass is 16.6. The first-order chi connectivity index (χ1) is 12.7. The molecule has 144 valence electrons. The Morgan fingerprint density at radius 3 is 1.96 bits per heavy atom. The lowest BCUT2D eigenvalue weighted by molar-refractivity contribution is -0.152. The molecule has 0 saturated heterocycles. The molecule has 0 fully saturated rings. The van der Waals surface area contributed by atoms with E-state index in [1.54, 1.807) is 0 Å². The summed E-state index contributed by atoms with van der Waals surface area (Å²) in [5, 5.41) is 3.04. The Kier molecular flexibility index (Phi) is 6.26. The highest BCUT2D eigenvalue weighted by Crippen LogP contribution is 2.33. The normalized spacial score (nSPS) is 13.4. The summed E-state index contributed by atoms with van der Waals surface area (Å²) >= 11 is 0. The summed E-state index contributed by atoms with van der Waals surface area (Å²) in [5.41, 5.74) is 1.000. The molecule has 0 radical (unpaired) electrons. The van der Waals surface area contributed by atoms with Crippen molar-refractivity contribution in [3.8, 4) is 0 Å². The maximum Gasteiger partial charge on any atom is 0.325 e. The van der Waals surface area contributed by atoms with E-state index >= 15 is 0 Å². The van der Waals surface area contributed by atoms with E-state index in [4.69, 9.17) is 9.47 Å². The first-order valence-corrected chi connectivity index (χ1v) is 8.87. The van der Waals surface area contributed by atoms with Crippen molar-refractivity contribution in [1.29, 1.82) is 0 Å². The largest absolute Gasteiger partial charge is 0.468 e. The predicted octanol–water partition coefficient (Wildman–Crippen LogP) is 3.92. The number of benzene rings is 2. The average Bonchev–Trinajstić information content (AvgIpc) is 2.65. The van der Waals surface area contributed by atoms with Crippen LogP contribution in [0, 0.1) is 0 Å². The number of ether oxygens (including phenoxy) is 2. The summed E-state index contributed by atoms with van der Waals surface area (Å²) in [6, 6.07) is 16.9. The van der Waals surface area contributed by atoms with E-state index in [-0.39, 0.29) is 18.5 Å². The number of methoxy groups -OCH3 is 1. The molecular weight excluding hydrogens is 342 g/mol. The number of carbonyl (C=O) groups is 2. The van der Waals surface area contributed by atoms with Gasteiger partial charge in [0.25, 0.3) is 0 Å². The monoisotopic (exact) mass is 369 g/mol. The van der Waals surface area contributed by atoms with Crippen LogP contribution in [0.2, 0.25) is 0 Å². The van der Waals surface area contributed by atoms with Crippen LogP contribution in [0.25, 0.3) is 0 Å². The number of hydrogen-bond acceptors (Lipinski definition) is 5. The van der Waals surface area contributed by atoms with Crippen LogP contribution in [0.1, 0.15) is 38.8 Å². The standard InChI is InChI=1S/C22H27NO4/c1-21(2,3)27-19(24)15-23-18-13-11-17(12-14-18)22(4,20(25)26-5)16-9-7-6-8-10-16/h6-14,23H,15H2,1-5H3. The Morgan fingerprint density at radius 1 is 0.889 bits per heavy atom. The molecule has 1 unspecified atom stereocenters. The van der Waals surface area contributed by atoms with Crippen molar-refractivity contribution in [3.63, 3.8) is 0 Å². The summed E-state index contributed by atoms with van der Waals surface area (Å²) in [6.07, 6.45) is 0. The molecule has 0 bridgehead atoms. The lowest BCUT2D eigenvalue weighted by Crippen LogP contribution is -2.35. The van der Waals surface area contributed by atoms with Crippen molar-refractivity contribution in [2.75, 3.05) is 19.0 Å². The van der Waals surface area contributed by atoms with E-state index in [0.717, 1.165) is 16.8 Å². The zero-order valence-corrected chi connectivity index (χ0v) is 16.5. The molecule has 0 aliphatic rings. The Bertz CT molecular complexity index is 778. The zero-order valence-electron chi connectivity index (χ0n) is 16.5. The van der Waals surface area contributed by atoms with Crippen molar-refractivity contribution in [2.45, 2.75) is 38.7 Å². The van der Waals surface area contributed by atoms with Gasteiger partial charge in [0.1, 0.15) is 17.6 Å². The summed E-state index contributed by atoms with van der Waals surface area (Å²) < 4.78 is 10.3. The molecule has 27 heavy (non-hydrogen) atoms. The van der Waals surface area contributed by atoms with Gasteiger partial charge in [0.2, 0.25) is 0 Å². The van der Waals surface area contributed by atoms with Gasteiger partial charge in [-0.05, 0) is 51.0 Å². The number of nitrogens with one attached hydrogen (secondary N) is 1. The molecule has 0 saturated carbocycles. The molecular formula is C22H27NO4. The minimum atomic E-state index is -0.917. The van der Waals surface area contributed by atoms with E-state index in [0.29, 0.717) is 0 Å². The number of rotatable bonds is 6. The van der Waals surface area contributed by atoms with Gasteiger partial charge in [-0.2, -0.15) is 0 Å². The molecule has 5 nitrogen and oxygen atoms in total. The van der Waals surface area contributed by atoms with Crippen LogP contribution in [0.4, 0.5) is 5.69 Å². The lowest BCUT2D eigenvalue weighted by atomic mass is 9.76. The molecule has 0 heterocycles. The van der Waals surface area contributed by atoms with Gasteiger partial charge in [0.05, 0.1) is 7.11 Å². The van der Waals surface area contributed by atoms with Gasteiger partial charge in [0.15, 0.2) is 0 Å². The molecule has 1 atom stereocenters. The quantitative estimate of drug-likeness (QED) is 0.782. The van der Waals surface area contributed by atoms with Crippen molar-refractivity contribution in [3.05, 3.63) is 65.7 Å². The fourth-order valence-corrected chi connectivity index (χ4v) is 2.85. The maximum atomic E-state index is 12.6. The van der Waals surface area contributed by atoms with Crippen LogP contribution in [0.15, 0.2) is 54.6 Å². The van der Waals surface area contributed by atoms with Crippen molar-refractivity contribution < 1.29 is 19.1 Å². The van der Waals surface area contributed by atoms with Crippen molar-refractivity contribution >= 4 is 17.6 Å². The molecule has 0 aliphatic heterocycles. The molecule has 0 aliphatic carbocycles. The second-order valence-corrected chi connectivity index (χ2v) is 7.50. The average molecular weight is 369 g/mol. The number of anilines is 1. The summed E-state index contributed by atoms with van der Waals surface area (Å²) in [5.74, 6) is -0.654. The zero-order chi connectivity index (χ0) is 20.1. The number of hydrogen-bond donors (Lipinski definition) is 1. The predicted molar refractivity (Wildman–Crippen MR) is 106 cm³/mol. The fraction of sp³-hybridized carbons (Fsp3) is 0.364. The third-order valence-corrected chi connectivity index (χ3v) is 4.26. The molecule has 1 N–H and O–H groups in total. The minimum absolute atomic E-state index is 0.0730. The molecule has 2 aromatic rings. The Morgan fingerprint density at radius 2 is 1.44 bits per heavy atom. The maximum absolute atomic E-state index is 12.6. The number of esters is 2. The van der Waals surface area contributed by atoms with Crippen LogP contribution >= 0.6 is 0 Å². The van der Waals surface area contributed by atoms with Crippen LogP contribution < -0.4 is 5.32 Å². The third kappa shape index (κ3) is 5.09. The topological polar surface area (TPSA) is 64.6 Å². The van der Waals surface area contributed by atoms with Crippen LogP contribution in [0.5, 0.6) is 0 Å². The molecule has 0 amide bonds. The van der Waals surface area contributed by atoms with Gasteiger partial charge in [-0.1, -0.05) is 42.5 Å². The van der Waals surface area contributed by atoms with Gasteiger partial charge >= 0.3 is 11.9 Å². The van der Waals surface area contributed by atoms with Crippen molar-refractivity contribution in [2.24, 2.45) is 0 Å². The summed E-state index contributed by atoms with van der Waals surface area (Å²) in [7, 11) is 1.39. The summed E-state index contributed by atoms with van der Waals surface area (Å²) in [6.45, 7) is 7.41. The first kappa shape index (κ1) is 20.5. The van der Waals surface area contributed by atoms with Gasteiger partial charge in [-0.3, -0.25) is 9.59 Å². The summed E-state index contributed by atoms with van der Waals surface area (Å²) in [4.78, 5) is 24.4. The van der Waals surface area contributed by atoms with E-state index in [1.807, 2.05) is 82.3 Å². The molecule has 5 heteroatoms. The van der Waals surface area contributed by atoms with E-state index in [9.17, 15) is 9.59 Å². The van der Waals surface area contributed by atoms with Gasteiger partial charge in [-0.25, -0.2) is 0 Å². The van der Waals surface area contributed by atoms with Crippen LogP contribution in [-0.2, 0) is 24.5 Å². The van der Waals surface area contributed by atoms with Gasteiger partial charge in [-0.15, -0.1) is 0 Å². The third-order valence-electron chi connectivity index (χ3n) is 4.26. The smallest absolute Gasteiger partial charge is 0.325 e. The SMILES string of the molecule is COC(=O)C(C)(c1ccccc1)c1ccc(NCC(=O)OC(C)(C)C)cc1. The Hall–Kier alpha value is -2.82. The second-order valence-electron chi connectivity index (χ2n) is 7.50. The molecule has 0 aromatic heterocycles. The highest BCUT2D eigenvalue weighted by Gasteiger charge is 2.38. The molecule has 0 spiro atoms. The fourth-order valence-electron chi connectivity index (χ4n) is 2.85. The van der Waals surface area contributed by atoms with Gasteiger partial charge in [0, 0.05) is 5.69 Å². The van der Waals surface area contributed by atoms with Crippen molar-refractivity contribution in [1.82, 2.24) is 0 Å². The highest BCUT2D eigenvalue weighted by molar-refractivity contribution is 5.87. The minimum Gasteiger partial charge on any atom is -0.468 e. The molecule has 2 aromatic carbocycles. The Balaban J connectivity index is 2.19.